The minimum atomic E-state index is 0.0373. The van der Waals surface area contributed by atoms with Crippen LogP contribution in [0, 0.1) is 0 Å². The van der Waals surface area contributed by atoms with Crippen molar-refractivity contribution in [1.29, 1.82) is 0 Å². The van der Waals surface area contributed by atoms with Crippen LogP contribution in [0.5, 0.6) is 5.75 Å². The van der Waals surface area contributed by atoms with Gasteiger partial charge < -0.3 is 9.64 Å². The molecule has 0 aliphatic carbocycles. The number of hydrogen-bond donors (Lipinski definition) is 0. The molecule has 1 saturated heterocycles. The van der Waals surface area contributed by atoms with Gasteiger partial charge in [0.1, 0.15) is 18.1 Å². The second-order valence-electron chi connectivity index (χ2n) is 6.17. The zero-order valence-corrected chi connectivity index (χ0v) is 15.5. The Kier molecular flexibility index (Phi) is 4.71. The Morgan fingerprint density at radius 3 is 2.73 bits per heavy atom. The molecule has 1 amide bonds. The second-order valence-corrected chi connectivity index (χ2v) is 7.08. The number of likely N-dealkylation sites (tertiary alicyclic amines) is 1. The molecule has 1 fully saturated rings. The van der Waals surface area contributed by atoms with E-state index in [1.165, 1.54) is 0 Å². The van der Waals surface area contributed by atoms with Crippen molar-refractivity contribution in [2.24, 2.45) is 0 Å². The van der Waals surface area contributed by atoms with E-state index in [1.807, 2.05) is 70.4 Å². The Balaban J connectivity index is 1.32. The summed E-state index contributed by atoms with van der Waals surface area (Å²) in [7, 11) is 0. The van der Waals surface area contributed by atoms with E-state index < -0.39 is 0 Å². The summed E-state index contributed by atoms with van der Waals surface area (Å²) >= 11 is 3.40. The lowest BCUT2D eigenvalue weighted by Gasteiger charge is -2.38. The molecule has 4 rings (SSSR count). The van der Waals surface area contributed by atoms with Crippen molar-refractivity contribution >= 4 is 21.8 Å². The van der Waals surface area contributed by atoms with Crippen LogP contribution in [0.15, 0.2) is 65.3 Å². The molecule has 2 aromatic carbocycles. The molecule has 0 atom stereocenters. The molecular weight excluding hydrogens is 396 g/mol. The summed E-state index contributed by atoms with van der Waals surface area (Å²) in [5.74, 6) is 0.840. The topological polar surface area (TPSA) is 60.2 Å². The first-order valence-corrected chi connectivity index (χ1v) is 9.12. The van der Waals surface area contributed by atoms with E-state index in [9.17, 15) is 4.79 Å². The van der Waals surface area contributed by atoms with Crippen LogP contribution < -0.4 is 4.74 Å². The monoisotopic (exact) mass is 412 g/mol. The Morgan fingerprint density at radius 2 is 1.96 bits per heavy atom. The van der Waals surface area contributed by atoms with Crippen molar-refractivity contribution in [2.75, 3.05) is 13.1 Å². The van der Waals surface area contributed by atoms with Crippen LogP contribution in [0.1, 0.15) is 22.1 Å². The van der Waals surface area contributed by atoms with Gasteiger partial charge >= 0.3 is 0 Å². The number of hydrogen-bond acceptors (Lipinski definition) is 4. The highest BCUT2D eigenvalue weighted by atomic mass is 79.9. The zero-order chi connectivity index (χ0) is 17.9. The molecule has 1 aliphatic rings. The van der Waals surface area contributed by atoms with Gasteiger partial charge in [0.25, 0.3) is 5.91 Å². The highest BCUT2D eigenvalue weighted by molar-refractivity contribution is 9.10. The molecule has 6 nitrogen and oxygen atoms in total. The highest BCUT2D eigenvalue weighted by Gasteiger charge is 2.33. The largest absolute Gasteiger partial charge is 0.487 e. The summed E-state index contributed by atoms with van der Waals surface area (Å²) in [5, 5.41) is 8.32. The summed E-state index contributed by atoms with van der Waals surface area (Å²) in [5.41, 5.74) is 1.46. The molecule has 3 aromatic rings. The zero-order valence-electron chi connectivity index (χ0n) is 14.0. The maximum Gasteiger partial charge on any atom is 0.254 e. The fourth-order valence-corrected chi connectivity index (χ4v) is 3.22. The Labute approximate surface area is 159 Å². The van der Waals surface area contributed by atoms with E-state index in [4.69, 9.17) is 4.74 Å². The summed E-state index contributed by atoms with van der Waals surface area (Å²) in [6, 6.07) is 17.2. The predicted molar refractivity (Wildman–Crippen MR) is 99.9 cm³/mol. The Bertz CT molecular complexity index is 907. The number of amides is 1. The molecule has 1 aliphatic heterocycles. The van der Waals surface area contributed by atoms with Crippen LogP contribution in [-0.2, 0) is 6.61 Å². The van der Waals surface area contributed by atoms with E-state index in [-0.39, 0.29) is 11.9 Å². The minimum Gasteiger partial charge on any atom is -0.487 e. The van der Waals surface area contributed by atoms with Gasteiger partial charge in [0.2, 0.25) is 0 Å². The number of benzene rings is 2. The first kappa shape index (κ1) is 16.8. The third kappa shape index (κ3) is 3.62. The van der Waals surface area contributed by atoms with Crippen molar-refractivity contribution < 1.29 is 9.53 Å². The second kappa shape index (κ2) is 7.29. The highest BCUT2D eigenvalue weighted by Crippen LogP contribution is 2.24. The van der Waals surface area contributed by atoms with Crippen LogP contribution in [0.4, 0.5) is 0 Å². The van der Waals surface area contributed by atoms with Gasteiger partial charge in [-0.1, -0.05) is 45.4 Å². The van der Waals surface area contributed by atoms with E-state index in [1.54, 1.807) is 0 Å². The fraction of sp³-hybridized carbons (Fsp3) is 0.211. The first-order chi connectivity index (χ1) is 12.7. The summed E-state index contributed by atoms with van der Waals surface area (Å²) in [6.45, 7) is 1.64. The third-order valence-corrected chi connectivity index (χ3v) is 4.78. The average Bonchev–Trinajstić information content (AvgIpc) is 3.08. The van der Waals surface area contributed by atoms with Crippen LogP contribution >= 0.6 is 15.9 Å². The summed E-state index contributed by atoms with van der Waals surface area (Å²) in [6.07, 6.45) is 1.88. The van der Waals surface area contributed by atoms with Crippen molar-refractivity contribution in [3.05, 3.63) is 76.5 Å². The van der Waals surface area contributed by atoms with Gasteiger partial charge in [-0.25, -0.2) is 4.68 Å². The Morgan fingerprint density at radius 1 is 1.15 bits per heavy atom. The van der Waals surface area contributed by atoms with Crippen molar-refractivity contribution in [1.82, 2.24) is 19.9 Å². The maximum absolute atomic E-state index is 12.5. The predicted octanol–water partition coefficient (Wildman–Crippen LogP) is 3.32. The van der Waals surface area contributed by atoms with Crippen molar-refractivity contribution in [3.8, 4) is 5.75 Å². The molecule has 0 N–H and O–H groups in total. The van der Waals surface area contributed by atoms with Gasteiger partial charge in [-0.2, -0.15) is 0 Å². The van der Waals surface area contributed by atoms with Gasteiger partial charge in [-0.05, 0) is 30.3 Å². The van der Waals surface area contributed by atoms with E-state index in [0.29, 0.717) is 25.3 Å². The first-order valence-electron chi connectivity index (χ1n) is 8.32. The lowest BCUT2D eigenvalue weighted by atomic mass is 10.1. The quantitative estimate of drug-likeness (QED) is 0.644. The van der Waals surface area contributed by atoms with E-state index in [0.717, 1.165) is 15.9 Å². The fourth-order valence-electron chi connectivity index (χ4n) is 2.82. The van der Waals surface area contributed by atoms with Crippen LogP contribution in [0.2, 0.25) is 0 Å². The van der Waals surface area contributed by atoms with Gasteiger partial charge in [0.05, 0.1) is 12.2 Å². The van der Waals surface area contributed by atoms with Crippen LogP contribution in [0.25, 0.3) is 0 Å². The Hall–Kier alpha value is -2.67. The molecule has 26 heavy (non-hydrogen) atoms. The molecule has 0 saturated carbocycles. The van der Waals surface area contributed by atoms with Gasteiger partial charge in [0.15, 0.2) is 0 Å². The van der Waals surface area contributed by atoms with Gasteiger partial charge in [0, 0.05) is 23.1 Å². The van der Waals surface area contributed by atoms with Crippen LogP contribution in [-0.4, -0.2) is 38.9 Å². The third-order valence-electron chi connectivity index (χ3n) is 4.28. The standard InChI is InChI=1S/C19H17BrN4O2/c20-15-6-4-5-14(9-15)19(25)23-11-17(12-23)24-10-16(21-22-24)13-26-18-7-2-1-3-8-18/h1-10,17H,11-13H2. The smallest absolute Gasteiger partial charge is 0.254 e. The number of nitrogens with zero attached hydrogens (tertiary/aromatic N) is 4. The molecule has 0 radical (unpaired) electrons. The number of carbonyl (C=O) groups excluding carboxylic acids is 1. The van der Waals surface area contributed by atoms with E-state index in [2.05, 4.69) is 26.2 Å². The average molecular weight is 413 g/mol. The van der Waals surface area contributed by atoms with Gasteiger partial charge in [-0.15, -0.1) is 5.10 Å². The summed E-state index contributed by atoms with van der Waals surface area (Å²) in [4.78, 5) is 14.3. The summed E-state index contributed by atoms with van der Waals surface area (Å²) < 4.78 is 8.40. The van der Waals surface area contributed by atoms with Gasteiger partial charge in [-0.3, -0.25) is 4.79 Å². The van der Waals surface area contributed by atoms with Crippen molar-refractivity contribution in [2.45, 2.75) is 12.6 Å². The minimum absolute atomic E-state index is 0.0373. The number of halogens is 1. The lowest BCUT2D eigenvalue weighted by molar-refractivity contribution is 0.0498. The normalized spacial score (nSPS) is 14.1. The molecule has 2 heterocycles. The number of para-hydroxylation sites is 1. The molecule has 7 heteroatoms. The van der Waals surface area contributed by atoms with E-state index >= 15 is 0 Å². The molecule has 0 unspecified atom stereocenters. The van der Waals surface area contributed by atoms with Crippen molar-refractivity contribution in [3.63, 3.8) is 0 Å². The maximum atomic E-state index is 12.5. The SMILES string of the molecule is O=C(c1cccc(Br)c1)N1CC(n2cc(COc3ccccc3)nn2)C1. The number of rotatable bonds is 5. The molecule has 132 valence electrons. The number of aromatic nitrogens is 3. The lowest BCUT2D eigenvalue weighted by Crippen LogP contribution is -2.50. The molecule has 0 spiro atoms. The molecule has 0 bridgehead atoms. The molecule has 1 aromatic heterocycles. The molecular formula is C19H17BrN4O2. The number of ether oxygens (including phenoxy) is 1. The number of carbonyl (C=O) groups is 1. The van der Waals surface area contributed by atoms with Crippen LogP contribution in [0.3, 0.4) is 0 Å².